The minimum Gasteiger partial charge on any atom is -0.486 e. The first kappa shape index (κ1) is 8.74. The molecule has 6 heteroatoms. The van der Waals surface area contributed by atoms with Crippen LogP contribution >= 0.6 is 0 Å². The van der Waals surface area contributed by atoms with Crippen LogP contribution in [0.2, 0.25) is 0 Å². The third-order valence-electron chi connectivity index (χ3n) is 1.81. The smallest absolute Gasteiger partial charge is 0.308 e. The van der Waals surface area contributed by atoms with Crippen LogP contribution in [0.1, 0.15) is 0 Å². The molecule has 0 radical (unpaired) electrons. The summed E-state index contributed by atoms with van der Waals surface area (Å²) in [4.78, 5) is 9.58. The number of nitro benzene ring substituents is 1. The van der Waals surface area contributed by atoms with Gasteiger partial charge in [-0.3, -0.25) is 10.1 Å². The molecule has 0 saturated heterocycles. The van der Waals surface area contributed by atoms with E-state index in [1.807, 2.05) is 0 Å². The zero-order chi connectivity index (χ0) is 10.1. The summed E-state index contributed by atoms with van der Waals surface area (Å²) < 4.78 is 23.2. The van der Waals surface area contributed by atoms with Gasteiger partial charge >= 0.3 is 5.69 Å². The van der Waals surface area contributed by atoms with Gasteiger partial charge in [-0.15, -0.1) is 0 Å². The molecular formula is C8H6FNO4. The molecule has 0 fully saturated rings. The molecule has 1 aliphatic heterocycles. The molecule has 1 aromatic rings. The second-order valence-corrected chi connectivity index (χ2v) is 2.70. The van der Waals surface area contributed by atoms with E-state index >= 15 is 0 Å². The lowest BCUT2D eigenvalue weighted by Gasteiger charge is -2.17. The summed E-state index contributed by atoms with van der Waals surface area (Å²) >= 11 is 0. The van der Waals surface area contributed by atoms with Crippen molar-refractivity contribution in [1.29, 1.82) is 0 Å². The van der Waals surface area contributed by atoms with Crippen LogP contribution in [-0.2, 0) is 0 Å². The average Bonchev–Trinajstić information content (AvgIpc) is 2.16. The van der Waals surface area contributed by atoms with Crippen LogP contribution in [0.15, 0.2) is 12.1 Å². The standard InChI is InChI=1S/C8H6FNO4/c9-5-3-7-8(14-2-1-13-7)4-6(5)10(11)12/h3-4H,1-2H2. The summed E-state index contributed by atoms with van der Waals surface area (Å²) in [7, 11) is 0. The van der Waals surface area contributed by atoms with Crippen molar-refractivity contribution in [3.05, 3.63) is 28.1 Å². The highest BCUT2D eigenvalue weighted by atomic mass is 19.1. The van der Waals surface area contributed by atoms with Crippen molar-refractivity contribution in [2.45, 2.75) is 0 Å². The van der Waals surface area contributed by atoms with Crippen LogP contribution in [0.3, 0.4) is 0 Å². The van der Waals surface area contributed by atoms with Gasteiger partial charge in [0, 0.05) is 6.07 Å². The molecule has 1 heterocycles. The fourth-order valence-electron chi connectivity index (χ4n) is 1.19. The number of nitro groups is 1. The molecule has 0 N–H and O–H groups in total. The molecule has 0 bridgehead atoms. The molecule has 74 valence electrons. The molecule has 0 aliphatic carbocycles. The molecule has 0 unspecified atom stereocenters. The van der Waals surface area contributed by atoms with Crippen molar-refractivity contribution < 1.29 is 18.8 Å². The van der Waals surface area contributed by atoms with Crippen molar-refractivity contribution in [3.8, 4) is 11.5 Å². The van der Waals surface area contributed by atoms with E-state index in [-0.39, 0.29) is 11.5 Å². The van der Waals surface area contributed by atoms with E-state index in [1.165, 1.54) is 0 Å². The molecule has 5 nitrogen and oxygen atoms in total. The highest BCUT2D eigenvalue weighted by Gasteiger charge is 2.21. The van der Waals surface area contributed by atoms with Crippen LogP contribution in [0.25, 0.3) is 0 Å². The summed E-state index contributed by atoms with van der Waals surface area (Å²) in [5.41, 5.74) is -0.603. The van der Waals surface area contributed by atoms with Gasteiger partial charge in [0.1, 0.15) is 13.2 Å². The number of hydrogen-bond acceptors (Lipinski definition) is 4. The summed E-state index contributed by atoms with van der Waals surface area (Å²) in [6.45, 7) is 0.639. The van der Waals surface area contributed by atoms with Crippen molar-refractivity contribution in [3.63, 3.8) is 0 Å². The number of nitrogens with zero attached hydrogens (tertiary/aromatic N) is 1. The Labute approximate surface area is 78.2 Å². The highest BCUT2D eigenvalue weighted by molar-refractivity contribution is 5.50. The van der Waals surface area contributed by atoms with Crippen molar-refractivity contribution in [1.82, 2.24) is 0 Å². The number of halogens is 1. The van der Waals surface area contributed by atoms with Crippen LogP contribution in [0.4, 0.5) is 10.1 Å². The third kappa shape index (κ3) is 1.34. The Hall–Kier alpha value is -1.85. The quantitative estimate of drug-likeness (QED) is 0.508. The average molecular weight is 199 g/mol. The molecule has 0 amide bonds. The van der Waals surface area contributed by atoms with Gasteiger partial charge in [0.05, 0.1) is 11.0 Å². The number of ether oxygens (including phenoxy) is 2. The molecule has 2 rings (SSSR count). The summed E-state index contributed by atoms with van der Waals surface area (Å²) in [6, 6.07) is 2.00. The maximum atomic E-state index is 13.1. The van der Waals surface area contributed by atoms with E-state index in [2.05, 4.69) is 0 Å². The molecule has 14 heavy (non-hydrogen) atoms. The first-order valence-electron chi connectivity index (χ1n) is 3.92. The molecule has 0 atom stereocenters. The van der Waals surface area contributed by atoms with Crippen LogP contribution < -0.4 is 9.47 Å². The third-order valence-corrected chi connectivity index (χ3v) is 1.81. The first-order chi connectivity index (χ1) is 6.68. The lowest BCUT2D eigenvalue weighted by Crippen LogP contribution is -2.15. The van der Waals surface area contributed by atoms with E-state index in [0.29, 0.717) is 13.2 Å². The van der Waals surface area contributed by atoms with Crippen LogP contribution in [-0.4, -0.2) is 18.1 Å². The van der Waals surface area contributed by atoms with Gasteiger partial charge in [-0.05, 0) is 0 Å². The second-order valence-electron chi connectivity index (χ2n) is 2.70. The van der Waals surface area contributed by atoms with Gasteiger partial charge in [0.15, 0.2) is 11.5 Å². The molecule has 0 saturated carbocycles. The first-order valence-corrected chi connectivity index (χ1v) is 3.92. The fourth-order valence-corrected chi connectivity index (χ4v) is 1.19. The predicted molar refractivity (Wildman–Crippen MR) is 44.0 cm³/mol. The Balaban J connectivity index is 2.50. The van der Waals surface area contributed by atoms with E-state index in [9.17, 15) is 14.5 Å². The predicted octanol–water partition coefficient (Wildman–Crippen LogP) is 1.51. The second kappa shape index (κ2) is 3.13. The Morgan fingerprint density at radius 2 is 1.86 bits per heavy atom. The van der Waals surface area contributed by atoms with Gasteiger partial charge in [-0.2, -0.15) is 4.39 Å². The number of hydrogen-bond donors (Lipinski definition) is 0. The van der Waals surface area contributed by atoms with E-state index in [0.717, 1.165) is 12.1 Å². The number of fused-ring (bicyclic) bond motifs is 1. The largest absolute Gasteiger partial charge is 0.486 e. The topological polar surface area (TPSA) is 61.6 Å². The van der Waals surface area contributed by atoms with E-state index in [1.54, 1.807) is 0 Å². The monoisotopic (exact) mass is 199 g/mol. The normalized spacial score (nSPS) is 13.8. The fraction of sp³-hybridized carbons (Fsp3) is 0.250. The van der Waals surface area contributed by atoms with Gasteiger partial charge in [0.2, 0.25) is 5.82 Å². The maximum absolute atomic E-state index is 13.1. The number of benzene rings is 1. The van der Waals surface area contributed by atoms with Crippen LogP contribution in [0, 0.1) is 15.9 Å². The Bertz CT molecular complexity index is 393. The summed E-state index contributed by atoms with van der Waals surface area (Å²) in [5.74, 6) is -0.497. The summed E-state index contributed by atoms with van der Waals surface area (Å²) in [5, 5.41) is 10.4. The minimum atomic E-state index is -0.917. The minimum absolute atomic E-state index is 0.208. The summed E-state index contributed by atoms with van der Waals surface area (Å²) in [6.07, 6.45) is 0. The van der Waals surface area contributed by atoms with Crippen molar-refractivity contribution in [2.24, 2.45) is 0 Å². The van der Waals surface area contributed by atoms with Gasteiger partial charge in [-0.1, -0.05) is 0 Å². The van der Waals surface area contributed by atoms with Gasteiger partial charge in [-0.25, -0.2) is 0 Å². The Kier molecular flexibility index (Phi) is 1.95. The maximum Gasteiger partial charge on any atom is 0.308 e. The van der Waals surface area contributed by atoms with E-state index < -0.39 is 16.4 Å². The van der Waals surface area contributed by atoms with Crippen molar-refractivity contribution >= 4 is 5.69 Å². The molecule has 1 aromatic carbocycles. The highest BCUT2D eigenvalue weighted by Crippen LogP contribution is 2.35. The van der Waals surface area contributed by atoms with Gasteiger partial charge in [0.25, 0.3) is 0 Å². The number of rotatable bonds is 1. The Morgan fingerprint density at radius 1 is 1.29 bits per heavy atom. The lowest BCUT2D eigenvalue weighted by molar-refractivity contribution is -0.387. The van der Waals surface area contributed by atoms with E-state index in [4.69, 9.17) is 9.47 Å². The molecular weight excluding hydrogens is 193 g/mol. The van der Waals surface area contributed by atoms with Crippen molar-refractivity contribution in [2.75, 3.05) is 13.2 Å². The Morgan fingerprint density at radius 3 is 2.43 bits per heavy atom. The van der Waals surface area contributed by atoms with Gasteiger partial charge < -0.3 is 9.47 Å². The van der Waals surface area contributed by atoms with Crippen LogP contribution in [0.5, 0.6) is 11.5 Å². The molecule has 1 aliphatic rings. The lowest BCUT2D eigenvalue weighted by atomic mass is 10.2. The zero-order valence-electron chi connectivity index (χ0n) is 7.03. The molecule has 0 aromatic heterocycles. The molecule has 0 spiro atoms. The SMILES string of the molecule is O=[N+]([O-])c1cc2c(cc1F)OCCO2. The zero-order valence-corrected chi connectivity index (χ0v) is 7.03.